The molecule has 0 bridgehead atoms. The van der Waals surface area contributed by atoms with Crippen molar-refractivity contribution in [2.24, 2.45) is 0 Å². The molecule has 1 atom stereocenters. The molecule has 4 nitrogen and oxygen atoms in total. The minimum atomic E-state index is -3.55. The Kier molecular flexibility index (Phi) is 4.53. The van der Waals surface area contributed by atoms with E-state index in [9.17, 15) is 13.5 Å². The van der Waals surface area contributed by atoms with Crippen molar-refractivity contribution in [3.8, 4) is 0 Å². The largest absolute Gasteiger partial charge is 0.389 e. The summed E-state index contributed by atoms with van der Waals surface area (Å²) in [5.74, 6) is 0. The molecule has 0 saturated heterocycles. The summed E-state index contributed by atoms with van der Waals surface area (Å²) in [6, 6.07) is 6.36. The van der Waals surface area contributed by atoms with Crippen molar-refractivity contribution in [1.82, 2.24) is 4.72 Å². The fraction of sp³-hybridized carbons (Fsp3) is 0.538. The second-order valence-corrected chi connectivity index (χ2v) is 6.77. The SMILES string of the molecule is CCC(C)(C)NS(=O)(=O)c1cccc(C(C)O)c1. The maximum atomic E-state index is 12.2. The van der Waals surface area contributed by atoms with Crippen LogP contribution < -0.4 is 4.72 Å². The molecule has 0 aliphatic rings. The summed E-state index contributed by atoms with van der Waals surface area (Å²) in [4.78, 5) is 0.183. The fourth-order valence-electron chi connectivity index (χ4n) is 1.44. The molecule has 1 aromatic rings. The lowest BCUT2D eigenvalue weighted by Crippen LogP contribution is -2.42. The Balaban J connectivity index is 3.09. The first kappa shape index (κ1) is 15.1. The van der Waals surface area contributed by atoms with Gasteiger partial charge in [-0.25, -0.2) is 13.1 Å². The van der Waals surface area contributed by atoms with Crippen LogP contribution in [-0.2, 0) is 10.0 Å². The van der Waals surface area contributed by atoms with Gasteiger partial charge in [0.05, 0.1) is 11.0 Å². The molecule has 0 heterocycles. The summed E-state index contributed by atoms with van der Waals surface area (Å²) in [6.07, 6.45) is 0.0156. The van der Waals surface area contributed by atoms with Gasteiger partial charge in [-0.15, -0.1) is 0 Å². The zero-order valence-electron chi connectivity index (χ0n) is 11.3. The highest BCUT2D eigenvalue weighted by Crippen LogP contribution is 2.19. The van der Waals surface area contributed by atoms with E-state index in [4.69, 9.17) is 0 Å². The molecule has 1 rings (SSSR count). The van der Waals surface area contributed by atoms with Crippen LogP contribution in [0.15, 0.2) is 29.2 Å². The summed E-state index contributed by atoms with van der Waals surface area (Å²) in [6.45, 7) is 7.20. The quantitative estimate of drug-likeness (QED) is 0.863. The average molecular weight is 271 g/mol. The number of sulfonamides is 1. The van der Waals surface area contributed by atoms with Crippen LogP contribution in [0.1, 0.15) is 45.8 Å². The van der Waals surface area contributed by atoms with Crippen molar-refractivity contribution in [3.63, 3.8) is 0 Å². The standard InChI is InChI=1S/C13H21NO3S/c1-5-13(3,4)14-18(16,17)12-8-6-7-11(9-12)10(2)15/h6-10,14-15H,5H2,1-4H3. The number of hydrogen-bond acceptors (Lipinski definition) is 3. The van der Waals surface area contributed by atoms with Crippen LogP contribution >= 0.6 is 0 Å². The second-order valence-electron chi connectivity index (χ2n) is 5.09. The van der Waals surface area contributed by atoms with Gasteiger partial charge in [-0.1, -0.05) is 19.1 Å². The zero-order valence-corrected chi connectivity index (χ0v) is 12.1. The summed E-state index contributed by atoms with van der Waals surface area (Å²) in [5, 5.41) is 9.48. The second kappa shape index (κ2) is 5.38. The number of hydrogen-bond donors (Lipinski definition) is 2. The van der Waals surface area contributed by atoms with Crippen LogP contribution in [0.3, 0.4) is 0 Å². The molecule has 1 aromatic carbocycles. The van der Waals surface area contributed by atoms with E-state index in [1.807, 2.05) is 20.8 Å². The summed E-state index contributed by atoms with van der Waals surface area (Å²) >= 11 is 0. The first-order chi connectivity index (χ1) is 8.18. The van der Waals surface area contributed by atoms with Gasteiger partial charge in [0.1, 0.15) is 0 Å². The van der Waals surface area contributed by atoms with E-state index in [1.165, 1.54) is 12.1 Å². The molecule has 2 N–H and O–H groups in total. The van der Waals surface area contributed by atoms with Crippen molar-refractivity contribution in [1.29, 1.82) is 0 Å². The smallest absolute Gasteiger partial charge is 0.241 e. The van der Waals surface area contributed by atoms with Crippen LogP contribution in [-0.4, -0.2) is 19.1 Å². The van der Waals surface area contributed by atoms with E-state index in [0.29, 0.717) is 12.0 Å². The van der Waals surface area contributed by atoms with Crippen molar-refractivity contribution < 1.29 is 13.5 Å². The fourth-order valence-corrected chi connectivity index (χ4v) is 2.98. The van der Waals surface area contributed by atoms with E-state index in [0.717, 1.165) is 0 Å². The van der Waals surface area contributed by atoms with E-state index in [1.54, 1.807) is 19.1 Å². The molecule has 0 amide bonds. The highest BCUT2D eigenvalue weighted by molar-refractivity contribution is 7.89. The van der Waals surface area contributed by atoms with Gasteiger partial charge in [-0.05, 0) is 44.9 Å². The van der Waals surface area contributed by atoms with Gasteiger partial charge < -0.3 is 5.11 Å². The van der Waals surface area contributed by atoms with Gasteiger partial charge in [0.15, 0.2) is 0 Å². The Bertz CT molecular complexity index is 507. The highest BCUT2D eigenvalue weighted by atomic mass is 32.2. The van der Waals surface area contributed by atoms with Gasteiger partial charge >= 0.3 is 0 Å². The lowest BCUT2D eigenvalue weighted by molar-refractivity contribution is 0.199. The molecule has 0 radical (unpaired) electrons. The minimum absolute atomic E-state index is 0.183. The number of aliphatic hydroxyl groups excluding tert-OH is 1. The third kappa shape index (κ3) is 3.80. The van der Waals surface area contributed by atoms with Crippen LogP contribution in [0.2, 0.25) is 0 Å². The Hall–Kier alpha value is -0.910. The summed E-state index contributed by atoms with van der Waals surface area (Å²) < 4.78 is 27.0. The highest BCUT2D eigenvalue weighted by Gasteiger charge is 2.24. The van der Waals surface area contributed by atoms with Gasteiger partial charge in [0.2, 0.25) is 10.0 Å². The molecule has 0 saturated carbocycles. The number of rotatable bonds is 5. The number of benzene rings is 1. The number of aliphatic hydroxyl groups is 1. The Labute approximate surface area is 109 Å². The Morgan fingerprint density at radius 1 is 1.39 bits per heavy atom. The third-order valence-electron chi connectivity index (χ3n) is 2.95. The predicted octanol–water partition coefficient (Wildman–Crippen LogP) is 2.21. The van der Waals surface area contributed by atoms with Crippen LogP contribution in [0, 0.1) is 0 Å². The molecule has 0 aromatic heterocycles. The third-order valence-corrected chi connectivity index (χ3v) is 4.64. The molecule has 0 aliphatic carbocycles. The molecule has 0 fully saturated rings. The Morgan fingerprint density at radius 3 is 2.50 bits per heavy atom. The van der Waals surface area contributed by atoms with Gasteiger partial charge in [0.25, 0.3) is 0 Å². The summed E-state index contributed by atoms with van der Waals surface area (Å²) in [7, 11) is -3.55. The van der Waals surface area contributed by atoms with Crippen LogP contribution in [0.25, 0.3) is 0 Å². The minimum Gasteiger partial charge on any atom is -0.389 e. The summed E-state index contributed by atoms with van der Waals surface area (Å²) in [5.41, 5.74) is 0.104. The Morgan fingerprint density at radius 2 is 2.00 bits per heavy atom. The molecule has 0 spiro atoms. The molecule has 5 heteroatoms. The first-order valence-corrected chi connectivity index (χ1v) is 7.48. The van der Waals surface area contributed by atoms with Crippen molar-refractivity contribution in [2.75, 3.05) is 0 Å². The van der Waals surface area contributed by atoms with E-state index in [2.05, 4.69) is 4.72 Å². The lowest BCUT2D eigenvalue weighted by Gasteiger charge is -2.24. The van der Waals surface area contributed by atoms with Gasteiger partial charge in [-0.2, -0.15) is 0 Å². The van der Waals surface area contributed by atoms with Gasteiger partial charge in [0, 0.05) is 5.54 Å². The van der Waals surface area contributed by atoms with E-state index < -0.39 is 21.7 Å². The predicted molar refractivity (Wildman–Crippen MR) is 71.8 cm³/mol. The zero-order chi connectivity index (χ0) is 14.0. The molecule has 0 aliphatic heterocycles. The topological polar surface area (TPSA) is 66.4 Å². The van der Waals surface area contributed by atoms with E-state index >= 15 is 0 Å². The maximum absolute atomic E-state index is 12.2. The average Bonchev–Trinajstić information content (AvgIpc) is 2.28. The van der Waals surface area contributed by atoms with E-state index in [-0.39, 0.29) is 4.90 Å². The van der Waals surface area contributed by atoms with Gasteiger partial charge in [-0.3, -0.25) is 0 Å². The maximum Gasteiger partial charge on any atom is 0.241 e. The molecule has 1 unspecified atom stereocenters. The van der Waals surface area contributed by atoms with Crippen molar-refractivity contribution in [2.45, 2.75) is 50.7 Å². The lowest BCUT2D eigenvalue weighted by atomic mass is 10.0. The molecule has 102 valence electrons. The molecular weight excluding hydrogens is 250 g/mol. The molecular formula is C13H21NO3S. The monoisotopic (exact) mass is 271 g/mol. The van der Waals surface area contributed by atoms with Crippen molar-refractivity contribution in [3.05, 3.63) is 29.8 Å². The van der Waals surface area contributed by atoms with Crippen molar-refractivity contribution >= 4 is 10.0 Å². The number of nitrogens with one attached hydrogen (secondary N) is 1. The van der Waals surface area contributed by atoms with Crippen LogP contribution in [0.5, 0.6) is 0 Å². The van der Waals surface area contributed by atoms with Crippen LogP contribution in [0.4, 0.5) is 0 Å². The molecule has 18 heavy (non-hydrogen) atoms. The first-order valence-electron chi connectivity index (χ1n) is 6.00. The normalized spacial score (nSPS) is 14.5.